The van der Waals surface area contributed by atoms with Gasteiger partial charge in [-0.05, 0) is 69.3 Å². The van der Waals surface area contributed by atoms with Gasteiger partial charge in [0, 0.05) is 38.5 Å². The van der Waals surface area contributed by atoms with Gasteiger partial charge in [0.1, 0.15) is 5.82 Å². The zero-order valence-corrected chi connectivity index (χ0v) is 20.7. The van der Waals surface area contributed by atoms with Gasteiger partial charge >= 0.3 is 6.03 Å². The largest absolute Gasteiger partial charge is 0.335 e. The van der Waals surface area contributed by atoms with E-state index in [0.29, 0.717) is 27.5 Å². The fourth-order valence-electron chi connectivity index (χ4n) is 5.15. The predicted octanol–water partition coefficient (Wildman–Crippen LogP) is 3.85. The Bertz CT molecular complexity index is 996. The topological polar surface area (TPSA) is 86.4 Å². The number of benzene rings is 1. The highest BCUT2D eigenvalue weighted by Gasteiger charge is 2.30. The maximum absolute atomic E-state index is 13.2. The Balaban J connectivity index is 1.30. The van der Waals surface area contributed by atoms with E-state index in [1.807, 2.05) is 12.1 Å². The maximum Gasteiger partial charge on any atom is 0.321 e. The van der Waals surface area contributed by atoms with Crippen LogP contribution in [0, 0.1) is 24.6 Å². The number of nitrogens with zero attached hydrogens (tertiary/aromatic N) is 2. The number of ketones is 1. The number of piperidine rings is 2. The van der Waals surface area contributed by atoms with E-state index in [0.717, 1.165) is 52.0 Å². The molecule has 2 amide bonds. The van der Waals surface area contributed by atoms with E-state index >= 15 is 0 Å². The van der Waals surface area contributed by atoms with Crippen LogP contribution in [0.25, 0.3) is 0 Å². The number of hydrogen-bond donors (Lipinski definition) is 3. The Kier molecular flexibility index (Phi) is 8.28. The molecule has 184 valence electrons. The van der Waals surface area contributed by atoms with Crippen LogP contribution < -0.4 is 16.0 Å². The lowest BCUT2D eigenvalue weighted by atomic mass is 9.88. The molecule has 2 aliphatic rings. The SMILES string of the molecule is CC(=O)c1sc(NC(=O)N[C@@H]2CCNC[C@H]2CN2CCCC(Cc3ccc(F)cc3)C2)nc1C. The summed E-state index contributed by atoms with van der Waals surface area (Å²) in [5.41, 5.74) is 1.84. The Morgan fingerprint density at radius 2 is 2.06 bits per heavy atom. The standard InChI is InChI=1S/C25H34FN5O2S/c1-16-23(17(2)32)34-25(28-16)30-24(33)29-22-9-10-27-13-20(22)15-31-11-3-4-19(14-31)12-18-5-7-21(26)8-6-18/h5-8,19-20,22,27H,3-4,9-15H2,1-2H3,(H2,28,29,30,33)/t19?,20-,22+/m0/s1. The summed E-state index contributed by atoms with van der Waals surface area (Å²) >= 11 is 1.21. The quantitative estimate of drug-likeness (QED) is 0.517. The number of anilines is 1. The molecular formula is C25H34FN5O2S. The zero-order chi connectivity index (χ0) is 24.1. The summed E-state index contributed by atoms with van der Waals surface area (Å²) in [6, 6.07) is 6.67. The number of carbonyl (C=O) groups is 2. The summed E-state index contributed by atoms with van der Waals surface area (Å²) in [6.45, 7) is 8.06. The number of rotatable bonds is 7. The highest BCUT2D eigenvalue weighted by Crippen LogP contribution is 2.25. The van der Waals surface area contributed by atoms with Crippen LogP contribution in [-0.2, 0) is 6.42 Å². The number of thiazole rings is 1. The first-order valence-corrected chi connectivity index (χ1v) is 12.9. The zero-order valence-electron chi connectivity index (χ0n) is 19.9. The van der Waals surface area contributed by atoms with Crippen LogP contribution >= 0.6 is 11.3 Å². The van der Waals surface area contributed by atoms with Crippen molar-refractivity contribution < 1.29 is 14.0 Å². The van der Waals surface area contributed by atoms with Crippen molar-refractivity contribution in [3.8, 4) is 0 Å². The molecule has 0 radical (unpaired) electrons. The molecule has 1 aromatic heterocycles. The summed E-state index contributed by atoms with van der Waals surface area (Å²) in [5.74, 6) is 0.649. The molecule has 0 bridgehead atoms. The number of hydrogen-bond acceptors (Lipinski definition) is 6. The van der Waals surface area contributed by atoms with Gasteiger partial charge in [-0.3, -0.25) is 10.1 Å². The smallest absolute Gasteiger partial charge is 0.321 e. The molecule has 2 aliphatic heterocycles. The lowest BCUT2D eigenvalue weighted by Crippen LogP contribution is -2.54. The maximum atomic E-state index is 13.2. The molecule has 9 heteroatoms. The second kappa shape index (κ2) is 11.4. The van der Waals surface area contributed by atoms with E-state index < -0.39 is 0 Å². The van der Waals surface area contributed by atoms with Crippen LogP contribution in [0.2, 0.25) is 0 Å². The van der Waals surface area contributed by atoms with Gasteiger partial charge in [0.15, 0.2) is 10.9 Å². The van der Waals surface area contributed by atoms with Crippen molar-refractivity contribution in [3.05, 3.63) is 46.2 Å². The number of amides is 2. The molecule has 3 N–H and O–H groups in total. The number of carbonyl (C=O) groups excluding carboxylic acids is 2. The molecule has 0 saturated carbocycles. The first kappa shape index (κ1) is 24.8. The van der Waals surface area contributed by atoms with Gasteiger partial charge in [-0.1, -0.05) is 23.5 Å². The number of nitrogens with one attached hydrogen (secondary N) is 3. The van der Waals surface area contributed by atoms with Crippen molar-refractivity contribution in [2.45, 2.75) is 45.6 Å². The molecule has 2 saturated heterocycles. The molecule has 3 heterocycles. The monoisotopic (exact) mass is 487 g/mol. The molecule has 2 aromatic rings. The number of halogens is 1. The van der Waals surface area contributed by atoms with E-state index in [4.69, 9.17) is 0 Å². The van der Waals surface area contributed by atoms with Gasteiger partial charge in [0.2, 0.25) is 0 Å². The van der Waals surface area contributed by atoms with Crippen LogP contribution in [0.15, 0.2) is 24.3 Å². The Morgan fingerprint density at radius 3 is 2.79 bits per heavy atom. The summed E-state index contributed by atoms with van der Waals surface area (Å²) in [7, 11) is 0. The molecule has 34 heavy (non-hydrogen) atoms. The average Bonchev–Trinajstić information content (AvgIpc) is 3.17. The minimum Gasteiger partial charge on any atom is -0.335 e. The van der Waals surface area contributed by atoms with E-state index in [-0.39, 0.29) is 23.7 Å². The number of Topliss-reactive ketones (excluding diaryl/α,β-unsaturated/α-hetero) is 1. The minimum absolute atomic E-state index is 0.0406. The Hall–Kier alpha value is -2.36. The van der Waals surface area contributed by atoms with Crippen molar-refractivity contribution in [3.63, 3.8) is 0 Å². The van der Waals surface area contributed by atoms with Crippen LogP contribution in [0.1, 0.15) is 47.1 Å². The molecule has 3 atom stereocenters. The molecule has 2 fully saturated rings. The van der Waals surface area contributed by atoms with Gasteiger partial charge in [-0.2, -0.15) is 0 Å². The van der Waals surface area contributed by atoms with Gasteiger partial charge in [0.25, 0.3) is 0 Å². The second-order valence-electron chi connectivity index (χ2n) is 9.55. The van der Waals surface area contributed by atoms with Gasteiger partial charge < -0.3 is 15.5 Å². The third-order valence-electron chi connectivity index (χ3n) is 6.79. The number of aryl methyl sites for hydroxylation is 1. The molecule has 1 aromatic carbocycles. The average molecular weight is 488 g/mol. The molecule has 4 rings (SSSR count). The molecule has 0 spiro atoms. The molecule has 1 unspecified atom stereocenters. The highest BCUT2D eigenvalue weighted by atomic mass is 32.1. The fraction of sp³-hybridized carbons (Fsp3) is 0.560. The molecule has 7 nitrogen and oxygen atoms in total. The number of urea groups is 1. The first-order valence-electron chi connectivity index (χ1n) is 12.1. The lowest BCUT2D eigenvalue weighted by Gasteiger charge is -2.39. The first-order chi connectivity index (χ1) is 16.4. The third-order valence-corrected chi connectivity index (χ3v) is 7.97. The third kappa shape index (κ3) is 6.61. The fourth-order valence-corrected chi connectivity index (χ4v) is 6.01. The van der Waals surface area contributed by atoms with Crippen LogP contribution in [0.5, 0.6) is 0 Å². The minimum atomic E-state index is -0.270. The Labute approximate surface area is 204 Å². The van der Waals surface area contributed by atoms with Crippen molar-refractivity contribution in [1.29, 1.82) is 0 Å². The molecule has 0 aliphatic carbocycles. The number of aromatic nitrogens is 1. The number of likely N-dealkylation sites (tertiary alicyclic amines) is 1. The van der Waals surface area contributed by atoms with E-state index in [2.05, 4.69) is 25.8 Å². The van der Waals surface area contributed by atoms with Crippen LogP contribution in [-0.4, -0.2) is 60.5 Å². The van der Waals surface area contributed by atoms with Crippen LogP contribution in [0.4, 0.5) is 14.3 Å². The summed E-state index contributed by atoms with van der Waals surface area (Å²) in [5, 5.41) is 9.89. The van der Waals surface area contributed by atoms with Gasteiger partial charge in [0.05, 0.1) is 10.6 Å². The van der Waals surface area contributed by atoms with Crippen molar-refractivity contribution >= 4 is 28.3 Å². The van der Waals surface area contributed by atoms with E-state index in [1.54, 1.807) is 19.1 Å². The summed E-state index contributed by atoms with van der Waals surface area (Å²) < 4.78 is 13.2. The van der Waals surface area contributed by atoms with Crippen LogP contribution in [0.3, 0.4) is 0 Å². The van der Waals surface area contributed by atoms with E-state index in [9.17, 15) is 14.0 Å². The lowest BCUT2D eigenvalue weighted by molar-refractivity contribution is 0.102. The van der Waals surface area contributed by atoms with Crippen molar-refractivity contribution in [2.24, 2.45) is 11.8 Å². The highest BCUT2D eigenvalue weighted by molar-refractivity contribution is 7.17. The predicted molar refractivity (Wildman–Crippen MR) is 133 cm³/mol. The summed E-state index contributed by atoms with van der Waals surface area (Å²) in [6.07, 6.45) is 4.20. The summed E-state index contributed by atoms with van der Waals surface area (Å²) in [4.78, 5) is 31.8. The molecular weight excluding hydrogens is 453 g/mol. The van der Waals surface area contributed by atoms with E-state index in [1.165, 1.54) is 30.2 Å². The van der Waals surface area contributed by atoms with Gasteiger partial charge in [-0.25, -0.2) is 14.2 Å². The normalized spacial score (nSPS) is 23.4. The second-order valence-corrected chi connectivity index (χ2v) is 10.5. The Morgan fingerprint density at radius 1 is 1.26 bits per heavy atom. The van der Waals surface area contributed by atoms with Gasteiger partial charge in [-0.15, -0.1) is 0 Å². The van der Waals surface area contributed by atoms with Crippen molar-refractivity contribution in [1.82, 2.24) is 20.5 Å². The van der Waals surface area contributed by atoms with Crippen molar-refractivity contribution in [2.75, 3.05) is 38.0 Å².